The normalized spacial score (nSPS) is 24.9. The number of non-ortho nitro benzene ring substituents is 1. The van der Waals surface area contributed by atoms with Crippen molar-refractivity contribution < 1.29 is 9.72 Å². The van der Waals surface area contributed by atoms with Crippen LogP contribution in [0.1, 0.15) is 24.9 Å². The molecule has 1 fully saturated rings. The van der Waals surface area contributed by atoms with Crippen molar-refractivity contribution in [1.82, 2.24) is 4.90 Å². The van der Waals surface area contributed by atoms with Gasteiger partial charge in [-0.05, 0) is 12.0 Å². The first-order valence-corrected chi connectivity index (χ1v) is 6.90. The molecule has 0 saturated carbocycles. The molecule has 6 nitrogen and oxygen atoms in total. The van der Waals surface area contributed by atoms with Crippen molar-refractivity contribution >= 4 is 27.5 Å². The van der Waals surface area contributed by atoms with Gasteiger partial charge in [-0.25, -0.2) is 0 Å². The Morgan fingerprint density at radius 3 is 2.55 bits per heavy atom. The van der Waals surface area contributed by atoms with Crippen LogP contribution in [0.15, 0.2) is 24.3 Å². The van der Waals surface area contributed by atoms with E-state index in [9.17, 15) is 20.2 Å². The Bertz CT molecular complexity index is 596. The van der Waals surface area contributed by atoms with Gasteiger partial charge < -0.3 is 4.90 Å². The molecule has 1 amide bonds. The lowest BCUT2D eigenvalue weighted by Crippen LogP contribution is -2.64. The molecule has 1 aliphatic rings. The quantitative estimate of drug-likeness (QED) is 0.365. The van der Waals surface area contributed by atoms with Gasteiger partial charge in [0.2, 0.25) is 4.32 Å². The summed E-state index contributed by atoms with van der Waals surface area (Å²) in [5.74, 6) is -0.259. The maximum atomic E-state index is 12.0. The fourth-order valence-corrected chi connectivity index (χ4v) is 3.10. The van der Waals surface area contributed by atoms with Crippen LogP contribution in [0.5, 0.6) is 0 Å². The molecule has 0 bridgehead atoms. The summed E-state index contributed by atoms with van der Waals surface area (Å²) < 4.78 is -1.27. The standard InChI is InChI=1S/C13H12BrN3O3/c1-2-7-16-11(13(14,8-15)12(16)18)9-3-5-10(6-4-9)17(19)20/h3-6,11H,2,7H2,1H3. The van der Waals surface area contributed by atoms with Gasteiger partial charge in [-0.1, -0.05) is 35.0 Å². The van der Waals surface area contributed by atoms with Crippen LogP contribution < -0.4 is 0 Å². The molecular weight excluding hydrogens is 326 g/mol. The third kappa shape index (κ3) is 2.06. The van der Waals surface area contributed by atoms with Crippen molar-refractivity contribution in [3.63, 3.8) is 0 Å². The van der Waals surface area contributed by atoms with Gasteiger partial charge in [0.15, 0.2) is 0 Å². The van der Waals surface area contributed by atoms with Crippen molar-refractivity contribution in [1.29, 1.82) is 5.26 Å². The summed E-state index contributed by atoms with van der Waals surface area (Å²) in [6.45, 7) is 2.50. The predicted molar refractivity (Wildman–Crippen MR) is 75.1 cm³/mol. The van der Waals surface area contributed by atoms with Crippen LogP contribution in [0, 0.1) is 21.4 Å². The van der Waals surface area contributed by atoms with E-state index in [1.165, 1.54) is 12.1 Å². The number of nitro benzene ring substituents is 1. The fourth-order valence-electron chi connectivity index (χ4n) is 2.36. The number of hydrogen-bond donors (Lipinski definition) is 0. The smallest absolute Gasteiger partial charge is 0.269 e. The zero-order valence-electron chi connectivity index (χ0n) is 10.7. The summed E-state index contributed by atoms with van der Waals surface area (Å²) >= 11 is 3.21. The minimum atomic E-state index is -1.27. The highest BCUT2D eigenvalue weighted by molar-refractivity contribution is 9.10. The van der Waals surface area contributed by atoms with E-state index in [0.717, 1.165) is 6.42 Å². The first kappa shape index (κ1) is 14.5. The first-order chi connectivity index (χ1) is 9.45. The molecule has 2 unspecified atom stereocenters. The van der Waals surface area contributed by atoms with Crippen LogP contribution >= 0.6 is 15.9 Å². The van der Waals surface area contributed by atoms with Gasteiger partial charge in [0.05, 0.1) is 17.0 Å². The molecule has 1 saturated heterocycles. The number of carbonyl (C=O) groups excluding carboxylic acids is 1. The highest BCUT2D eigenvalue weighted by Gasteiger charge is 2.60. The first-order valence-electron chi connectivity index (χ1n) is 6.11. The van der Waals surface area contributed by atoms with Gasteiger partial charge in [0, 0.05) is 18.7 Å². The number of β-lactam (4-membered cyclic amide) rings is 1. The summed E-state index contributed by atoms with van der Waals surface area (Å²) in [7, 11) is 0. The minimum absolute atomic E-state index is 0.0152. The van der Waals surface area contributed by atoms with Crippen LogP contribution in [0.4, 0.5) is 5.69 Å². The number of nitriles is 1. The Labute approximate surface area is 124 Å². The van der Waals surface area contributed by atoms with Crippen molar-refractivity contribution in [3.05, 3.63) is 39.9 Å². The Morgan fingerprint density at radius 2 is 2.10 bits per heavy atom. The summed E-state index contributed by atoms with van der Waals surface area (Å²) in [5, 5.41) is 19.9. The number of rotatable bonds is 4. The molecule has 0 aromatic heterocycles. The van der Waals surface area contributed by atoms with E-state index < -0.39 is 15.3 Å². The van der Waals surface area contributed by atoms with Crippen molar-refractivity contribution in [2.75, 3.05) is 6.54 Å². The lowest BCUT2D eigenvalue weighted by Gasteiger charge is -2.49. The number of halogens is 1. The van der Waals surface area contributed by atoms with Gasteiger partial charge in [-0.3, -0.25) is 14.9 Å². The molecule has 0 aliphatic carbocycles. The van der Waals surface area contributed by atoms with E-state index in [1.54, 1.807) is 17.0 Å². The van der Waals surface area contributed by atoms with Crippen LogP contribution in [0.3, 0.4) is 0 Å². The van der Waals surface area contributed by atoms with E-state index in [-0.39, 0.29) is 11.6 Å². The monoisotopic (exact) mass is 337 g/mol. The van der Waals surface area contributed by atoms with Crippen LogP contribution in [-0.4, -0.2) is 26.6 Å². The molecule has 1 aliphatic heterocycles. The lowest BCUT2D eigenvalue weighted by atomic mass is 9.83. The number of likely N-dealkylation sites (tertiary alicyclic amines) is 1. The van der Waals surface area contributed by atoms with Gasteiger partial charge >= 0.3 is 0 Å². The van der Waals surface area contributed by atoms with Gasteiger partial charge in [0.25, 0.3) is 11.6 Å². The van der Waals surface area contributed by atoms with Gasteiger partial charge in [-0.2, -0.15) is 5.26 Å². The average molecular weight is 338 g/mol. The Balaban J connectivity index is 2.35. The molecule has 1 aromatic carbocycles. The topological polar surface area (TPSA) is 87.2 Å². The molecule has 104 valence electrons. The number of amides is 1. The van der Waals surface area contributed by atoms with Gasteiger partial charge in [0.1, 0.15) is 0 Å². The predicted octanol–water partition coefficient (Wildman–Crippen LogP) is 2.55. The highest BCUT2D eigenvalue weighted by Crippen LogP contribution is 2.49. The van der Waals surface area contributed by atoms with E-state index in [1.807, 2.05) is 13.0 Å². The highest BCUT2D eigenvalue weighted by atomic mass is 79.9. The number of carbonyl (C=O) groups is 1. The van der Waals surface area contributed by atoms with Crippen molar-refractivity contribution in [2.24, 2.45) is 0 Å². The molecular formula is C13H12BrN3O3. The Morgan fingerprint density at radius 1 is 1.50 bits per heavy atom. The maximum Gasteiger partial charge on any atom is 0.269 e. The van der Waals surface area contributed by atoms with E-state index in [2.05, 4.69) is 15.9 Å². The van der Waals surface area contributed by atoms with Crippen LogP contribution in [-0.2, 0) is 4.79 Å². The van der Waals surface area contributed by atoms with E-state index in [0.29, 0.717) is 12.1 Å². The summed E-state index contributed by atoms with van der Waals surface area (Å²) in [6.07, 6.45) is 0.781. The summed E-state index contributed by atoms with van der Waals surface area (Å²) in [5.41, 5.74) is 0.695. The van der Waals surface area contributed by atoms with Crippen molar-refractivity contribution in [3.8, 4) is 6.07 Å². The second-order valence-electron chi connectivity index (χ2n) is 4.57. The number of benzene rings is 1. The zero-order valence-corrected chi connectivity index (χ0v) is 12.3. The Kier molecular flexibility index (Phi) is 3.77. The number of hydrogen-bond acceptors (Lipinski definition) is 4. The number of alkyl halides is 1. The SMILES string of the molecule is CCCN1C(=O)C(Br)(C#N)C1c1ccc([N+](=O)[O-])cc1. The molecule has 0 N–H and O–H groups in total. The fraction of sp³-hybridized carbons (Fsp3) is 0.385. The largest absolute Gasteiger partial charge is 0.330 e. The second-order valence-corrected chi connectivity index (χ2v) is 5.82. The van der Waals surface area contributed by atoms with Crippen LogP contribution in [0.2, 0.25) is 0 Å². The second kappa shape index (κ2) is 5.21. The van der Waals surface area contributed by atoms with E-state index in [4.69, 9.17) is 0 Å². The number of nitrogens with zero attached hydrogens (tertiary/aromatic N) is 3. The summed E-state index contributed by atoms with van der Waals surface area (Å²) in [6, 6.07) is 7.52. The average Bonchev–Trinajstić information content (AvgIpc) is 2.46. The number of nitro groups is 1. The molecule has 1 aromatic rings. The minimum Gasteiger partial charge on any atom is -0.330 e. The Hall–Kier alpha value is -1.94. The van der Waals surface area contributed by atoms with E-state index >= 15 is 0 Å². The molecule has 7 heteroatoms. The lowest BCUT2D eigenvalue weighted by molar-refractivity contribution is -0.384. The van der Waals surface area contributed by atoms with Crippen LogP contribution in [0.25, 0.3) is 0 Å². The summed E-state index contributed by atoms with van der Waals surface area (Å²) in [4.78, 5) is 23.8. The third-order valence-corrected chi connectivity index (χ3v) is 4.26. The maximum absolute atomic E-state index is 12.0. The molecule has 2 atom stereocenters. The molecule has 0 spiro atoms. The van der Waals surface area contributed by atoms with Gasteiger partial charge in [-0.15, -0.1) is 0 Å². The third-order valence-electron chi connectivity index (χ3n) is 3.31. The van der Waals surface area contributed by atoms with Crippen molar-refractivity contribution in [2.45, 2.75) is 23.7 Å². The molecule has 0 radical (unpaired) electrons. The molecule has 2 rings (SSSR count). The molecule has 20 heavy (non-hydrogen) atoms. The molecule has 1 heterocycles. The zero-order chi connectivity index (χ0) is 14.9.